The Labute approximate surface area is 148 Å². The van der Waals surface area contributed by atoms with E-state index in [1.807, 2.05) is 37.3 Å². The van der Waals surface area contributed by atoms with Crippen LogP contribution in [-0.4, -0.2) is 34.6 Å². The first-order valence-electron chi connectivity index (χ1n) is 8.65. The van der Waals surface area contributed by atoms with Crippen LogP contribution in [-0.2, 0) is 25.7 Å². The van der Waals surface area contributed by atoms with Gasteiger partial charge in [-0.05, 0) is 18.4 Å². The molecular weight excluding hydrogens is 318 g/mol. The molecule has 1 aliphatic heterocycles. The number of hydrogen-bond acceptors (Lipinski definition) is 4. The molecule has 0 aromatic heterocycles. The molecule has 0 saturated carbocycles. The van der Waals surface area contributed by atoms with Gasteiger partial charge in [0.1, 0.15) is 6.61 Å². The molecule has 1 saturated heterocycles. The van der Waals surface area contributed by atoms with Gasteiger partial charge in [0, 0.05) is 18.4 Å². The second-order valence-electron chi connectivity index (χ2n) is 6.39. The highest BCUT2D eigenvalue weighted by molar-refractivity contribution is 6.07. The molecule has 1 aromatic rings. The maximum absolute atomic E-state index is 12.8. The normalized spacial score (nSPS) is 18.9. The molecule has 0 radical (unpaired) electrons. The average Bonchev–Trinajstić information content (AvgIpc) is 2.62. The van der Waals surface area contributed by atoms with E-state index in [2.05, 4.69) is 6.58 Å². The molecule has 5 heteroatoms. The van der Waals surface area contributed by atoms with Crippen molar-refractivity contribution in [3.8, 4) is 0 Å². The van der Waals surface area contributed by atoms with E-state index >= 15 is 0 Å². The number of carbonyl (C=O) groups excluding carboxylic acids is 3. The van der Waals surface area contributed by atoms with Crippen molar-refractivity contribution in [1.82, 2.24) is 4.90 Å². The van der Waals surface area contributed by atoms with Gasteiger partial charge in [0.2, 0.25) is 5.91 Å². The molecule has 1 aromatic carbocycles. The molecule has 0 N–H and O–H groups in total. The van der Waals surface area contributed by atoms with Crippen molar-refractivity contribution in [1.29, 1.82) is 0 Å². The van der Waals surface area contributed by atoms with Crippen molar-refractivity contribution in [2.45, 2.75) is 51.8 Å². The van der Waals surface area contributed by atoms with Crippen LogP contribution in [0, 0.1) is 5.92 Å². The minimum Gasteiger partial charge on any atom is -0.459 e. The summed E-state index contributed by atoms with van der Waals surface area (Å²) >= 11 is 0. The number of Topliss-reactive ketones (excluding diaryl/α,β-unsaturated/α-hetero) is 1. The highest BCUT2D eigenvalue weighted by Gasteiger charge is 2.47. The highest BCUT2D eigenvalue weighted by atomic mass is 16.5. The highest BCUT2D eigenvalue weighted by Crippen LogP contribution is 2.28. The molecule has 2 rings (SSSR count). The maximum atomic E-state index is 12.8. The molecule has 0 bridgehead atoms. The van der Waals surface area contributed by atoms with Crippen molar-refractivity contribution >= 4 is 17.7 Å². The summed E-state index contributed by atoms with van der Waals surface area (Å²) in [4.78, 5) is 38.9. The van der Waals surface area contributed by atoms with Gasteiger partial charge >= 0.3 is 5.97 Å². The van der Waals surface area contributed by atoms with E-state index in [-0.39, 0.29) is 24.3 Å². The van der Waals surface area contributed by atoms with Crippen molar-refractivity contribution in [3.05, 3.63) is 48.6 Å². The summed E-state index contributed by atoms with van der Waals surface area (Å²) in [6, 6.07) is 8.02. The number of β-lactam (4-membered cyclic amide) rings is 1. The summed E-state index contributed by atoms with van der Waals surface area (Å²) in [5.74, 6) is -1.51. The van der Waals surface area contributed by atoms with Crippen LogP contribution in [0.25, 0.3) is 0 Å². The monoisotopic (exact) mass is 343 g/mol. The minimum atomic E-state index is -1.16. The molecule has 1 heterocycles. The molecular formula is C20H25NO4. The number of rotatable bonds is 9. The minimum absolute atomic E-state index is 0.0815. The number of hydrogen-bond donors (Lipinski definition) is 0. The van der Waals surface area contributed by atoms with Gasteiger partial charge in [0.15, 0.2) is 11.8 Å². The second-order valence-corrected chi connectivity index (χ2v) is 6.39. The fourth-order valence-corrected chi connectivity index (χ4v) is 3.00. The SMILES string of the molecule is C=CCC(C)C(=O)C(C(=O)OCc1ccccc1)N1C(=O)CC1CC. The van der Waals surface area contributed by atoms with Gasteiger partial charge in [-0.25, -0.2) is 4.79 Å². The Morgan fingerprint density at radius 3 is 2.60 bits per heavy atom. The predicted molar refractivity (Wildman–Crippen MR) is 94.6 cm³/mol. The average molecular weight is 343 g/mol. The Morgan fingerprint density at radius 1 is 1.36 bits per heavy atom. The Balaban J connectivity index is 2.15. The molecule has 134 valence electrons. The molecule has 0 aliphatic carbocycles. The van der Waals surface area contributed by atoms with Gasteiger partial charge in [-0.1, -0.05) is 50.3 Å². The van der Waals surface area contributed by atoms with Crippen LogP contribution >= 0.6 is 0 Å². The molecule has 25 heavy (non-hydrogen) atoms. The summed E-state index contributed by atoms with van der Waals surface area (Å²) < 4.78 is 5.36. The van der Waals surface area contributed by atoms with E-state index in [1.165, 1.54) is 4.90 Å². The lowest BCUT2D eigenvalue weighted by molar-refractivity contribution is -0.170. The van der Waals surface area contributed by atoms with Gasteiger partial charge in [-0.2, -0.15) is 0 Å². The van der Waals surface area contributed by atoms with E-state index in [9.17, 15) is 14.4 Å². The molecule has 1 fully saturated rings. The van der Waals surface area contributed by atoms with Gasteiger partial charge in [0.05, 0.1) is 0 Å². The van der Waals surface area contributed by atoms with Crippen LogP contribution < -0.4 is 0 Å². The molecule has 3 unspecified atom stereocenters. The van der Waals surface area contributed by atoms with Crippen molar-refractivity contribution in [3.63, 3.8) is 0 Å². The van der Waals surface area contributed by atoms with Crippen molar-refractivity contribution < 1.29 is 19.1 Å². The fraction of sp³-hybridized carbons (Fsp3) is 0.450. The topological polar surface area (TPSA) is 63.7 Å². The third-order valence-electron chi connectivity index (χ3n) is 4.56. The van der Waals surface area contributed by atoms with Crippen LogP contribution in [0.1, 0.15) is 38.7 Å². The number of benzene rings is 1. The van der Waals surface area contributed by atoms with Crippen LogP contribution in [0.3, 0.4) is 0 Å². The first kappa shape index (κ1) is 18.9. The zero-order valence-electron chi connectivity index (χ0n) is 14.8. The lowest BCUT2D eigenvalue weighted by Gasteiger charge is -2.44. The van der Waals surface area contributed by atoms with Gasteiger partial charge in [-0.3, -0.25) is 9.59 Å². The maximum Gasteiger partial charge on any atom is 0.337 e. The van der Waals surface area contributed by atoms with E-state index in [4.69, 9.17) is 4.74 Å². The lowest BCUT2D eigenvalue weighted by Crippen LogP contribution is -2.63. The Bertz CT molecular complexity index is 640. The Morgan fingerprint density at radius 2 is 2.04 bits per heavy atom. The number of likely N-dealkylation sites (tertiary alicyclic amines) is 1. The number of esters is 1. The van der Waals surface area contributed by atoms with Gasteiger partial charge in [-0.15, -0.1) is 6.58 Å². The first-order chi connectivity index (χ1) is 12.0. The Kier molecular flexibility index (Phi) is 6.51. The number of ether oxygens (including phenoxy) is 1. The van der Waals surface area contributed by atoms with E-state index < -0.39 is 17.9 Å². The largest absolute Gasteiger partial charge is 0.459 e. The van der Waals surface area contributed by atoms with Gasteiger partial charge < -0.3 is 9.64 Å². The van der Waals surface area contributed by atoms with Crippen LogP contribution in [0.5, 0.6) is 0 Å². The van der Waals surface area contributed by atoms with Crippen LogP contribution in [0.15, 0.2) is 43.0 Å². The summed E-state index contributed by atoms with van der Waals surface area (Å²) in [6.45, 7) is 7.40. The summed E-state index contributed by atoms with van der Waals surface area (Å²) in [5, 5.41) is 0. The van der Waals surface area contributed by atoms with Crippen molar-refractivity contribution in [2.75, 3.05) is 0 Å². The molecule has 1 amide bonds. The second kappa shape index (κ2) is 8.60. The van der Waals surface area contributed by atoms with Crippen molar-refractivity contribution in [2.24, 2.45) is 5.92 Å². The number of carbonyl (C=O) groups is 3. The smallest absolute Gasteiger partial charge is 0.337 e. The van der Waals surface area contributed by atoms with E-state index in [1.54, 1.807) is 13.0 Å². The molecule has 5 nitrogen and oxygen atoms in total. The van der Waals surface area contributed by atoms with Gasteiger partial charge in [0.25, 0.3) is 0 Å². The third-order valence-corrected chi connectivity index (χ3v) is 4.56. The summed E-state index contributed by atoms with van der Waals surface area (Å²) in [6.07, 6.45) is 3.18. The number of allylic oxidation sites excluding steroid dienone is 1. The van der Waals surface area contributed by atoms with Crippen LogP contribution in [0.2, 0.25) is 0 Å². The first-order valence-corrected chi connectivity index (χ1v) is 8.65. The fourth-order valence-electron chi connectivity index (χ4n) is 3.00. The standard InChI is InChI=1S/C20H25NO4/c1-4-9-14(3)19(23)18(21-16(5-2)12-17(21)22)20(24)25-13-15-10-7-6-8-11-15/h4,6-8,10-11,14,16,18H,1,5,9,12-13H2,2-3H3. The molecule has 1 aliphatic rings. The zero-order valence-corrected chi connectivity index (χ0v) is 14.8. The summed E-state index contributed by atoms with van der Waals surface area (Å²) in [5.41, 5.74) is 0.836. The van der Waals surface area contributed by atoms with Crippen LogP contribution in [0.4, 0.5) is 0 Å². The third kappa shape index (κ3) is 4.35. The molecule has 3 atom stereocenters. The zero-order chi connectivity index (χ0) is 18.4. The summed E-state index contributed by atoms with van der Waals surface area (Å²) in [7, 11) is 0. The predicted octanol–water partition coefficient (Wildman–Crippen LogP) is 2.89. The number of ketones is 1. The Hall–Kier alpha value is -2.43. The molecule has 0 spiro atoms. The van der Waals surface area contributed by atoms with E-state index in [0.717, 1.165) is 5.56 Å². The lowest BCUT2D eigenvalue weighted by atomic mass is 9.89. The number of amides is 1. The number of nitrogens with zero attached hydrogens (tertiary/aromatic N) is 1. The van der Waals surface area contributed by atoms with E-state index in [0.29, 0.717) is 19.3 Å². The quantitative estimate of drug-likeness (QED) is 0.299.